The van der Waals surface area contributed by atoms with Crippen molar-refractivity contribution in [3.05, 3.63) is 70.5 Å². The second-order valence-corrected chi connectivity index (χ2v) is 6.30. The van der Waals surface area contributed by atoms with E-state index >= 15 is 0 Å². The normalized spacial score (nSPS) is 12.7. The Hall–Kier alpha value is -1.91. The topological polar surface area (TPSA) is 49.3 Å². The van der Waals surface area contributed by atoms with Crippen molar-refractivity contribution in [1.82, 2.24) is 5.32 Å². The van der Waals surface area contributed by atoms with Crippen molar-refractivity contribution in [2.45, 2.75) is 25.4 Å². The lowest BCUT2D eigenvalue weighted by atomic mass is 9.83. The molecule has 0 heterocycles. The van der Waals surface area contributed by atoms with Crippen LogP contribution in [0.4, 0.5) is 4.39 Å². The van der Waals surface area contributed by atoms with Gasteiger partial charge in [0.05, 0.1) is 16.5 Å². The average Bonchev–Trinajstić information content (AvgIpc) is 2.55. The van der Waals surface area contributed by atoms with E-state index in [9.17, 15) is 14.3 Å². The molecular formula is C18H19ClFNO2. The molecule has 0 saturated heterocycles. The maximum atomic E-state index is 13.4. The molecule has 2 rings (SSSR count). The molecule has 0 bridgehead atoms. The van der Waals surface area contributed by atoms with Gasteiger partial charge in [-0.05, 0) is 37.1 Å². The molecule has 0 fully saturated rings. The zero-order valence-electron chi connectivity index (χ0n) is 13.0. The third-order valence-electron chi connectivity index (χ3n) is 3.85. The summed E-state index contributed by atoms with van der Waals surface area (Å²) in [6.07, 6.45) is -1.00. The summed E-state index contributed by atoms with van der Waals surface area (Å²) >= 11 is 5.61. The van der Waals surface area contributed by atoms with Gasteiger partial charge in [0, 0.05) is 6.54 Å². The number of benzene rings is 2. The van der Waals surface area contributed by atoms with Gasteiger partial charge in [-0.3, -0.25) is 4.79 Å². The standard InChI is InChI=1S/C18H19ClFNO2/c1-18(2,13-6-4-3-5-7-13)17(23)21-11-16(22)12-8-9-14(19)15(20)10-12/h3-10,16,22H,11H2,1-2H3,(H,21,23). The van der Waals surface area contributed by atoms with Crippen molar-refractivity contribution in [2.24, 2.45) is 0 Å². The predicted molar refractivity (Wildman–Crippen MR) is 88.8 cm³/mol. The Morgan fingerprint density at radius 3 is 2.52 bits per heavy atom. The molecule has 1 atom stereocenters. The molecule has 0 saturated carbocycles. The number of nitrogens with one attached hydrogen (secondary N) is 1. The van der Waals surface area contributed by atoms with Crippen LogP contribution in [0.1, 0.15) is 31.1 Å². The van der Waals surface area contributed by atoms with Gasteiger partial charge < -0.3 is 10.4 Å². The van der Waals surface area contributed by atoms with Crippen LogP contribution in [0.5, 0.6) is 0 Å². The second-order valence-electron chi connectivity index (χ2n) is 5.89. The smallest absolute Gasteiger partial charge is 0.230 e. The van der Waals surface area contributed by atoms with E-state index in [-0.39, 0.29) is 17.5 Å². The van der Waals surface area contributed by atoms with Gasteiger partial charge in [0.15, 0.2) is 0 Å². The van der Waals surface area contributed by atoms with Gasteiger partial charge in [-0.1, -0.05) is 48.0 Å². The van der Waals surface area contributed by atoms with Crippen LogP contribution in [0.15, 0.2) is 48.5 Å². The number of amides is 1. The minimum absolute atomic E-state index is 0.00380. The molecule has 5 heteroatoms. The molecule has 1 amide bonds. The highest BCUT2D eigenvalue weighted by molar-refractivity contribution is 6.30. The van der Waals surface area contributed by atoms with E-state index < -0.39 is 17.3 Å². The first kappa shape index (κ1) is 17.4. The largest absolute Gasteiger partial charge is 0.387 e. The Balaban J connectivity index is 2.02. The van der Waals surface area contributed by atoms with Crippen LogP contribution in [-0.4, -0.2) is 17.6 Å². The lowest BCUT2D eigenvalue weighted by Gasteiger charge is -2.25. The lowest BCUT2D eigenvalue weighted by Crippen LogP contribution is -2.41. The summed E-state index contributed by atoms with van der Waals surface area (Å²) in [5.41, 5.74) is 0.515. The number of hydrogen-bond donors (Lipinski definition) is 2. The molecule has 0 aliphatic heterocycles. The Morgan fingerprint density at radius 1 is 1.26 bits per heavy atom. The molecule has 23 heavy (non-hydrogen) atoms. The Labute approximate surface area is 140 Å². The van der Waals surface area contributed by atoms with Crippen LogP contribution in [0.3, 0.4) is 0 Å². The monoisotopic (exact) mass is 335 g/mol. The van der Waals surface area contributed by atoms with Crippen molar-refractivity contribution < 1.29 is 14.3 Å². The Morgan fingerprint density at radius 2 is 1.91 bits per heavy atom. The van der Waals surface area contributed by atoms with E-state index in [2.05, 4.69) is 5.32 Å². The fourth-order valence-electron chi connectivity index (χ4n) is 2.23. The highest BCUT2D eigenvalue weighted by atomic mass is 35.5. The Kier molecular flexibility index (Phi) is 5.39. The molecular weight excluding hydrogens is 317 g/mol. The summed E-state index contributed by atoms with van der Waals surface area (Å²) in [6.45, 7) is 3.62. The average molecular weight is 336 g/mol. The number of halogens is 2. The fraction of sp³-hybridized carbons (Fsp3) is 0.278. The van der Waals surface area contributed by atoms with E-state index in [0.717, 1.165) is 5.56 Å². The first-order valence-electron chi connectivity index (χ1n) is 7.29. The first-order valence-corrected chi connectivity index (χ1v) is 7.67. The number of aliphatic hydroxyl groups is 1. The van der Waals surface area contributed by atoms with Crippen molar-refractivity contribution in [2.75, 3.05) is 6.54 Å². The quantitative estimate of drug-likeness (QED) is 0.877. The van der Waals surface area contributed by atoms with Crippen LogP contribution < -0.4 is 5.32 Å². The molecule has 122 valence electrons. The summed E-state index contributed by atoms with van der Waals surface area (Å²) in [5.74, 6) is -0.809. The summed E-state index contributed by atoms with van der Waals surface area (Å²) in [5, 5.41) is 12.8. The highest BCUT2D eigenvalue weighted by Gasteiger charge is 2.29. The summed E-state index contributed by atoms with van der Waals surface area (Å²) in [7, 11) is 0. The number of carbonyl (C=O) groups is 1. The lowest BCUT2D eigenvalue weighted by molar-refractivity contribution is -0.126. The van der Waals surface area contributed by atoms with Gasteiger partial charge >= 0.3 is 0 Å². The van der Waals surface area contributed by atoms with Crippen LogP contribution >= 0.6 is 11.6 Å². The molecule has 3 nitrogen and oxygen atoms in total. The van der Waals surface area contributed by atoms with E-state index in [1.54, 1.807) is 0 Å². The SMILES string of the molecule is CC(C)(C(=O)NCC(O)c1ccc(Cl)c(F)c1)c1ccccc1. The molecule has 0 aliphatic rings. The molecule has 2 aromatic carbocycles. The molecule has 2 aromatic rings. The molecule has 1 unspecified atom stereocenters. The minimum Gasteiger partial charge on any atom is -0.387 e. The maximum Gasteiger partial charge on any atom is 0.230 e. The van der Waals surface area contributed by atoms with Crippen LogP contribution in [0.2, 0.25) is 5.02 Å². The maximum absolute atomic E-state index is 13.4. The van der Waals surface area contributed by atoms with Gasteiger partial charge in [0.25, 0.3) is 0 Å². The third kappa shape index (κ3) is 4.09. The predicted octanol–water partition coefficient (Wildman–Crippen LogP) is 3.61. The number of hydrogen-bond acceptors (Lipinski definition) is 2. The van der Waals surface area contributed by atoms with E-state index in [4.69, 9.17) is 11.6 Å². The van der Waals surface area contributed by atoms with Crippen molar-refractivity contribution in [3.63, 3.8) is 0 Å². The van der Waals surface area contributed by atoms with Gasteiger partial charge in [-0.25, -0.2) is 4.39 Å². The summed E-state index contributed by atoms with van der Waals surface area (Å²) < 4.78 is 13.4. The van der Waals surface area contributed by atoms with Gasteiger partial charge in [-0.15, -0.1) is 0 Å². The van der Waals surface area contributed by atoms with Gasteiger partial charge in [0.2, 0.25) is 5.91 Å². The number of aliphatic hydroxyl groups excluding tert-OH is 1. The zero-order chi connectivity index (χ0) is 17.0. The van der Waals surface area contributed by atoms with Crippen molar-refractivity contribution in [3.8, 4) is 0 Å². The zero-order valence-corrected chi connectivity index (χ0v) is 13.8. The van der Waals surface area contributed by atoms with E-state index in [0.29, 0.717) is 5.56 Å². The van der Waals surface area contributed by atoms with Crippen LogP contribution in [0, 0.1) is 5.82 Å². The third-order valence-corrected chi connectivity index (χ3v) is 4.15. The van der Waals surface area contributed by atoms with Gasteiger partial charge in [-0.2, -0.15) is 0 Å². The summed E-state index contributed by atoms with van der Waals surface area (Å²) in [4.78, 5) is 12.4. The van der Waals surface area contributed by atoms with Crippen molar-refractivity contribution in [1.29, 1.82) is 0 Å². The van der Waals surface area contributed by atoms with Gasteiger partial charge in [0.1, 0.15) is 5.82 Å². The first-order chi connectivity index (χ1) is 10.8. The molecule has 0 spiro atoms. The molecule has 2 N–H and O–H groups in total. The fourth-order valence-corrected chi connectivity index (χ4v) is 2.35. The number of carbonyl (C=O) groups excluding carboxylic acids is 1. The number of rotatable bonds is 5. The molecule has 0 radical (unpaired) electrons. The van der Waals surface area contributed by atoms with Crippen LogP contribution in [0.25, 0.3) is 0 Å². The second kappa shape index (κ2) is 7.11. The van der Waals surface area contributed by atoms with E-state index in [1.807, 2.05) is 44.2 Å². The molecule has 0 aromatic heterocycles. The summed E-state index contributed by atoms with van der Waals surface area (Å²) in [6, 6.07) is 13.5. The Bertz CT molecular complexity index is 689. The molecule has 0 aliphatic carbocycles. The van der Waals surface area contributed by atoms with Crippen molar-refractivity contribution >= 4 is 17.5 Å². The van der Waals surface area contributed by atoms with Crippen LogP contribution in [-0.2, 0) is 10.2 Å². The minimum atomic E-state index is -1.00. The van der Waals surface area contributed by atoms with E-state index in [1.165, 1.54) is 18.2 Å². The highest BCUT2D eigenvalue weighted by Crippen LogP contribution is 2.24.